The molecule has 1 aliphatic heterocycles. The average molecular weight is 362 g/mol. The van der Waals surface area contributed by atoms with Crippen molar-refractivity contribution >= 4 is 28.5 Å². The van der Waals surface area contributed by atoms with E-state index in [1.165, 1.54) is 0 Å². The quantitative estimate of drug-likeness (QED) is 0.817. The lowest BCUT2D eigenvalue weighted by molar-refractivity contribution is 0.0691. The minimum absolute atomic E-state index is 0.00282. The average Bonchev–Trinajstić information content (AvgIpc) is 2.41. The first-order valence-corrected chi connectivity index (χ1v) is 7.04. The van der Waals surface area contributed by atoms with Crippen LogP contribution in [0, 0.1) is 10.5 Å². The highest BCUT2D eigenvalue weighted by Crippen LogP contribution is 2.17. The van der Waals surface area contributed by atoms with Crippen LogP contribution in [0.15, 0.2) is 18.2 Å². The standard InChI is InChI=1S/C13H16FIN2O/c1-9-2-3-12(15)11(6-9)13(18)17-5-4-16-10(7-14)8-17/h2-3,6,10,16H,4-5,7-8H2,1H3. The predicted octanol–water partition coefficient (Wildman–Crippen LogP) is 1.98. The number of amides is 1. The third kappa shape index (κ3) is 3.00. The maximum Gasteiger partial charge on any atom is 0.255 e. The van der Waals surface area contributed by atoms with Crippen LogP contribution in [-0.2, 0) is 0 Å². The van der Waals surface area contributed by atoms with Crippen molar-refractivity contribution in [2.75, 3.05) is 26.3 Å². The molecule has 0 saturated carbocycles. The van der Waals surface area contributed by atoms with Gasteiger partial charge in [-0.1, -0.05) is 11.6 Å². The number of nitrogens with one attached hydrogen (secondary N) is 1. The summed E-state index contributed by atoms with van der Waals surface area (Å²) < 4.78 is 13.6. The number of aryl methyl sites for hydroxylation is 1. The summed E-state index contributed by atoms with van der Waals surface area (Å²) >= 11 is 2.17. The number of nitrogens with zero attached hydrogens (tertiary/aromatic N) is 1. The Labute approximate surface area is 120 Å². The van der Waals surface area contributed by atoms with Gasteiger partial charge in [-0.05, 0) is 41.6 Å². The minimum Gasteiger partial charge on any atom is -0.336 e. The van der Waals surface area contributed by atoms with E-state index in [0.717, 1.165) is 14.7 Å². The molecular formula is C13H16FIN2O. The maximum atomic E-state index is 12.7. The van der Waals surface area contributed by atoms with Crippen molar-refractivity contribution in [3.05, 3.63) is 32.9 Å². The first kappa shape index (κ1) is 13.7. The topological polar surface area (TPSA) is 32.3 Å². The zero-order chi connectivity index (χ0) is 13.1. The Kier molecular flexibility index (Phi) is 4.55. The molecule has 2 rings (SSSR count). The zero-order valence-electron chi connectivity index (χ0n) is 10.2. The number of halogens is 2. The van der Waals surface area contributed by atoms with E-state index in [0.29, 0.717) is 19.6 Å². The Morgan fingerprint density at radius 2 is 2.39 bits per heavy atom. The Morgan fingerprint density at radius 3 is 3.11 bits per heavy atom. The molecule has 18 heavy (non-hydrogen) atoms. The van der Waals surface area contributed by atoms with E-state index in [2.05, 4.69) is 27.9 Å². The minimum atomic E-state index is -0.436. The van der Waals surface area contributed by atoms with E-state index in [4.69, 9.17) is 0 Å². The third-order valence-electron chi connectivity index (χ3n) is 3.08. The summed E-state index contributed by atoms with van der Waals surface area (Å²) in [7, 11) is 0. The van der Waals surface area contributed by atoms with E-state index in [1.54, 1.807) is 4.90 Å². The van der Waals surface area contributed by atoms with E-state index >= 15 is 0 Å². The van der Waals surface area contributed by atoms with Crippen molar-refractivity contribution in [2.24, 2.45) is 0 Å². The molecule has 0 bridgehead atoms. The summed E-state index contributed by atoms with van der Waals surface area (Å²) in [5.74, 6) is 0.00282. The van der Waals surface area contributed by atoms with Gasteiger partial charge >= 0.3 is 0 Å². The highest BCUT2D eigenvalue weighted by atomic mass is 127. The second-order valence-electron chi connectivity index (χ2n) is 4.54. The molecule has 1 atom stereocenters. The van der Waals surface area contributed by atoms with E-state index < -0.39 is 6.67 Å². The second-order valence-corrected chi connectivity index (χ2v) is 5.70. The monoisotopic (exact) mass is 362 g/mol. The molecule has 0 radical (unpaired) electrons. The molecule has 1 aromatic rings. The fraction of sp³-hybridized carbons (Fsp3) is 0.462. The van der Waals surface area contributed by atoms with Gasteiger partial charge in [-0.25, -0.2) is 4.39 Å². The summed E-state index contributed by atoms with van der Waals surface area (Å²) in [6, 6.07) is 5.60. The molecule has 1 fully saturated rings. The van der Waals surface area contributed by atoms with Gasteiger partial charge in [0.15, 0.2) is 0 Å². The maximum absolute atomic E-state index is 12.7. The molecule has 1 unspecified atom stereocenters. The van der Waals surface area contributed by atoms with Crippen molar-refractivity contribution in [1.82, 2.24) is 10.2 Å². The normalized spacial score (nSPS) is 19.9. The van der Waals surface area contributed by atoms with Crippen LogP contribution in [0.5, 0.6) is 0 Å². The van der Waals surface area contributed by atoms with Crippen LogP contribution < -0.4 is 5.32 Å². The van der Waals surface area contributed by atoms with Gasteiger partial charge in [-0.15, -0.1) is 0 Å². The largest absolute Gasteiger partial charge is 0.336 e. The molecule has 1 N–H and O–H groups in total. The fourth-order valence-electron chi connectivity index (χ4n) is 2.09. The summed E-state index contributed by atoms with van der Waals surface area (Å²) in [6.07, 6.45) is 0. The number of carbonyl (C=O) groups is 1. The van der Waals surface area contributed by atoms with Gasteiger partial charge in [0.2, 0.25) is 0 Å². The van der Waals surface area contributed by atoms with E-state index in [1.807, 2.05) is 25.1 Å². The van der Waals surface area contributed by atoms with Crippen LogP contribution in [0.2, 0.25) is 0 Å². The van der Waals surface area contributed by atoms with Crippen molar-refractivity contribution in [1.29, 1.82) is 0 Å². The summed E-state index contributed by atoms with van der Waals surface area (Å²) in [5.41, 5.74) is 1.78. The number of benzene rings is 1. The lowest BCUT2D eigenvalue weighted by Crippen LogP contribution is -2.53. The van der Waals surface area contributed by atoms with Crippen LogP contribution in [0.25, 0.3) is 0 Å². The highest BCUT2D eigenvalue weighted by molar-refractivity contribution is 14.1. The fourth-order valence-corrected chi connectivity index (χ4v) is 2.65. The Morgan fingerprint density at radius 1 is 1.61 bits per heavy atom. The Balaban J connectivity index is 2.17. The van der Waals surface area contributed by atoms with Crippen LogP contribution in [0.3, 0.4) is 0 Å². The molecule has 1 aromatic carbocycles. The number of alkyl halides is 1. The molecule has 1 amide bonds. The van der Waals surface area contributed by atoms with Crippen LogP contribution >= 0.6 is 22.6 Å². The summed E-state index contributed by atoms with van der Waals surface area (Å²) in [4.78, 5) is 14.1. The third-order valence-corrected chi connectivity index (χ3v) is 4.02. The first-order chi connectivity index (χ1) is 8.61. The molecule has 0 aliphatic carbocycles. The van der Waals surface area contributed by atoms with Gasteiger partial charge in [-0.2, -0.15) is 0 Å². The lowest BCUT2D eigenvalue weighted by Gasteiger charge is -2.32. The SMILES string of the molecule is Cc1ccc(I)c(C(=O)N2CCNC(CF)C2)c1. The smallest absolute Gasteiger partial charge is 0.255 e. The molecule has 98 valence electrons. The number of rotatable bonds is 2. The molecule has 0 spiro atoms. The van der Waals surface area contributed by atoms with Crippen LogP contribution in [-0.4, -0.2) is 43.2 Å². The zero-order valence-corrected chi connectivity index (χ0v) is 12.4. The molecule has 0 aromatic heterocycles. The van der Waals surface area contributed by atoms with Gasteiger partial charge in [0.25, 0.3) is 5.91 Å². The number of carbonyl (C=O) groups excluding carboxylic acids is 1. The van der Waals surface area contributed by atoms with Crippen molar-refractivity contribution in [3.8, 4) is 0 Å². The van der Waals surface area contributed by atoms with Crippen molar-refractivity contribution in [3.63, 3.8) is 0 Å². The molecule has 3 nitrogen and oxygen atoms in total. The predicted molar refractivity (Wildman–Crippen MR) is 77.6 cm³/mol. The molecule has 5 heteroatoms. The van der Waals surface area contributed by atoms with Gasteiger partial charge < -0.3 is 10.2 Å². The van der Waals surface area contributed by atoms with E-state index in [9.17, 15) is 9.18 Å². The van der Waals surface area contributed by atoms with Gasteiger partial charge in [0, 0.05) is 23.2 Å². The van der Waals surface area contributed by atoms with Gasteiger partial charge in [-0.3, -0.25) is 4.79 Å². The summed E-state index contributed by atoms with van der Waals surface area (Å²) in [6.45, 7) is 3.27. The van der Waals surface area contributed by atoms with Gasteiger partial charge in [0.1, 0.15) is 6.67 Å². The van der Waals surface area contributed by atoms with E-state index in [-0.39, 0.29) is 11.9 Å². The molecular weight excluding hydrogens is 346 g/mol. The molecule has 1 saturated heterocycles. The summed E-state index contributed by atoms with van der Waals surface area (Å²) in [5, 5.41) is 3.06. The number of piperazine rings is 1. The second kappa shape index (κ2) is 5.97. The van der Waals surface area contributed by atoms with Gasteiger partial charge in [0.05, 0.1) is 11.6 Å². The first-order valence-electron chi connectivity index (χ1n) is 5.96. The van der Waals surface area contributed by atoms with Crippen LogP contribution in [0.4, 0.5) is 4.39 Å². The molecule has 1 aliphatic rings. The number of hydrogen-bond acceptors (Lipinski definition) is 2. The highest BCUT2D eigenvalue weighted by Gasteiger charge is 2.25. The number of hydrogen-bond donors (Lipinski definition) is 1. The molecule has 1 heterocycles. The Hall–Kier alpha value is -0.690. The lowest BCUT2D eigenvalue weighted by atomic mass is 10.1. The van der Waals surface area contributed by atoms with Crippen molar-refractivity contribution < 1.29 is 9.18 Å². The Bertz CT molecular complexity index is 453. The van der Waals surface area contributed by atoms with Crippen LogP contribution in [0.1, 0.15) is 15.9 Å². The van der Waals surface area contributed by atoms with Crippen molar-refractivity contribution in [2.45, 2.75) is 13.0 Å².